The quantitative estimate of drug-likeness (QED) is 0.590. The molecule has 0 atom stereocenters. The van der Waals surface area contributed by atoms with E-state index in [4.69, 9.17) is 17.0 Å². The Morgan fingerprint density at radius 2 is 2.00 bits per heavy atom. The summed E-state index contributed by atoms with van der Waals surface area (Å²) in [5, 5.41) is 12.2. The maximum Gasteiger partial charge on any atom is 0.213 e. The first kappa shape index (κ1) is 14.4. The summed E-state index contributed by atoms with van der Waals surface area (Å²) < 4.78 is 6.24. The fourth-order valence-electron chi connectivity index (χ4n) is 1.81. The Morgan fingerprint density at radius 3 is 2.65 bits per heavy atom. The predicted octanol–water partition coefficient (Wildman–Crippen LogP) is 2.91. The van der Waals surface area contributed by atoms with Gasteiger partial charge < -0.3 is 15.4 Å². The van der Waals surface area contributed by atoms with Crippen molar-refractivity contribution >= 4 is 23.6 Å². The number of H-pyrrole nitrogens is 2. The number of hydrogen-bond donors (Lipinski definition) is 4. The average molecular weight is 293 g/mol. The largest absolute Gasteiger partial charge is 0.483 e. The smallest absolute Gasteiger partial charge is 0.213 e. The zero-order chi connectivity index (χ0) is 14.4. The van der Waals surface area contributed by atoms with Crippen molar-refractivity contribution < 1.29 is 4.74 Å². The Morgan fingerprint density at radius 1 is 1.20 bits per heavy atom. The highest BCUT2D eigenvalue weighted by molar-refractivity contribution is 7.71. The van der Waals surface area contributed by atoms with E-state index in [0.29, 0.717) is 17.2 Å². The standard InChI is InChI=1S/C13H19N5OS/c1-3-14-9-5-6-10(15-4-2)11(7-9)19-8-12-16-13(20)18-17-12/h5-7,14-15H,3-4,8H2,1-2H3,(H2,16,17,18,20). The molecule has 6 nitrogen and oxygen atoms in total. The first-order valence-electron chi connectivity index (χ1n) is 6.61. The van der Waals surface area contributed by atoms with Crippen LogP contribution in [0.2, 0.25) is 0 Å². The lowest BCUT2D eigenvalue weighted by molar-refractivity contribution is 0.298. The van der Waals surface area contributed by atoms with Crippen LogP contribution in [0.25, 0.3) is 0 Å². The van der Waals surface area contributed by atoms with Gasteiger partial charge in [-0.1, -0.05) is 0 Å². The molecule has 1 heterocycles. The zero-order valence-electron chi connectivity index (χ0n) is 11.6. The molecule has 0 saturated heterocycles. The first-order valence-corrected chi connectivity index (χ1v) is 7.02. The Bertz CT molecular complexity index is 607. The van der Waals surface area contributed by atoms with Gasteiger partial charge in [-0.05, 0) is 38.2 Å². The summed E-state index contributed by atoms with van der Waals surface area (Å²) in [4.78, 5) is 4.10. The minimum atomic E-state index is 0.334. The van der Waals surface area contributed by atoms with E-state index in [1.165, 1.54) is 0 Å². The molecule has 1 aromatic carbocycles. The summed E-state index contributed by atoms with van der Waals surface area (Å²) in [5.74, 6) is 1.46. The summed E-state index contributed by atoms with van der Waals surface area (Å²) in [5.41, 5.74) is 1.99. The van der Waals surface area contributed by atoms with Crippen LogP contribution < -0.4 is 15.4 Å². The molecule has 7 heteroatoms. The molecule has 0 saturated carbocycles. The van der Waals surface area contributed by atoms with Crippen LogP contribution in [0.5, 0.6) is 5.75 Å². The van der Waals surface area contributed by atoms with Gasteiger partial charge in [0.25, 0.3) is 0 Å². The highest BCUT2D eigenvalue weighted by atomic mass is 32.1. The molecular weight excluding hydrogens is 274 g/mol. The van der Waals surface area contributed by atoms with Gasteiger partial charge in [0, 0.05) is 24.8 Å². The molecular formula is C13H19N5OS. The number of nitrogens with zero attached hydrogens (tertiary/aromatic N) is 1. The van der Waals surface area contributed by atoms with E-state index in [-0.39, 0.29) is 0 Å². The van der Waals surface area contributed by atoms with Crippen LogP contribution in [0, 0.1) is 4.77 Å². The van der Waals surface area contributed by atoms with Gasteiger partial charge in [-0.3, -0.25) is 10.2 Å². The van der Waals surface area contributed by atoms with Crippen LogP contribution in [-0.2, 0) is 6.61 Å². The topological polar surface area (TPSA) is 77.8 Å². The molecule has 4 N–H and O–H groups in total. The minimum Gasteiger partial charge on any atom is -0.483 e. The Labute approximate surface area is 123 Å². The molecule has 108 valence electrons. The molecule has 20 heavy (non-hydrogen) atoms. The van der Waals surface area contributed by atoms with Gasteiger partial charge in [0.05, 0.1) is 5.69 Å². The number of anilines is 2. The second kappa shape index (κ2) is 6.95. The normalized spacial score (nSPS) is 10.3. The molecule has 0 unspecified atom stereocenters. The molecule has 0 radical (unpaired) electrons. The van der Waals surface area contributed by atoms with Crippen LogP contribution in [0.15, 0.2) is 18.2 Å². The third-order valence-electron chi connectivity index (χ3n) is 2.64. The molecule has 2 aromatic rings. The van der Waals surface area contributed by atoms with E-state index in [1.54, 1.807) is 0 Å². The number of aromatic nitrogens is 3. The number of benzene rings is 1. The summed E-state index contributed by atoms with van der Waals surface area (Å²) >= 11 is 4.91. The van der Waals surface area contributed by atoms with E-state index >= 15 is 0 Å². The van der Waals surface area contributed by atoms with Crippen LogP contribution in [0.4, 0.5) is 11.4 Å². The molecule has 0 spiro atoms. The second-order valence-electron chi connectivity index (χ2n) is 4.17. The number of hydrogen-bond acceptors (Lipinski definition) is 5. The van der Waals surface area contributed by atoms with Crippen molar-refractivity contribution in [3.8, 4) is 5.75 Å². The minimum absolute atomic E-state index is 0.334. The average Bonchev–Trinajstić information content (AvgIpc) is 2.85. The zero-order valence-corrected chi connectivity index (χ0v) is 12.4. The number of rotatable bonds is 7. The van der Waals surface area contributed by atoms with E-state index < -0.39 is 0 Å². The van der Waals surface area contributed by atoms with Crippen molar-refractivity contribution in [2.75, 3.05) is 23.7 Å². The Kier molecular flexibility index (Phi) is 5.00. The lowest BCUT2D eigenvalue weighted by atomic mass is 10.2. The van der Waals surface area contributed by atoms with Gasteiger partial charge in [-0.2, -0.15) is 0 Å². The van der Waals surface area contributed by atoms with Gasteiger partial charge in [0.15, 0.2) is 5.82 Å². The fraction of sp³-hybridized carbons (Fsp3) is 0.385. The monoisotopic (exact) mass is 293 g/mol. The summed E-state index contributed by atoms with van der Waals surface area (Å²) in [6.07, 6.45) is 0. The van der Waals surface area contributed by atoms with Crippen LogP contribution in [0.3, 0.4) is 0 Å². The molecule has 0 fully saturated rings. The van der Waals surface area contributed by atoms with Crippen molar-refractivity contribution in [2.45, 2.75) is 20.5 Å². The third-order valence-corrected chi connectivity index (χ3v) is 2.84. The van der Waals surface area contributed by atoms with Crippen molar-refractivity contribution in [3.63, 3.8) is 0 Å². The summed E-state index contributed by atoms with van der Waals surface area (Å²) in [6, 6.07) is 6.00. The highest BCUT2D eigenvalue weighted by Crippen LogP contribution is 2.28. The van der Waals surface area contributed by atoms with Crippen molar-refractivity contribution in [2.24, 2.45) is 0 Å². The van der Waals surface area contributed by atoms with Gasteiger partial charge in [0.1, 0.15) is 12.4 Å². The summed E-state index contributed by atoms with van der Waals surface area (Å²) in [6.45, 7) is 6.14. The molecule has 0 aliphatic carbocycles. The Hall–Kier alpha value is -2.02. The third kappa shape index (κ3) is 3.74. The van der Waals surface area contributed by atoms with Crippen LogP contribution in [-0.4, -0.2) is 28.3 Å². The lowest BCUT2D eigenvalue weighted by Gasteiger charge is -2.13. The van der Waals surface area contributed by atoms with Gasteiger partial charge in [-0.25, -0.2) is 4.98 Å². The van der Waals surface area contributed by atoms with Crippen molar-refractivity contribution in [1.82, 2.24) is 15.2 Å². The fourth-order valence-corrected chi connectivity index (χ4v) is 1.97. The molecule has 0 bridgehead atoms. The molecule has 0 aliphatic heterocycles. The second-order valence-corrected chi connectivity index (χ2v) is 4.56. The van der Waals surface area contributed by atoms with E-state index in [0.717, 1.165) is 30.2 Å². The van der Waals surface area contributed by atoms with Gasteiger partial charge in [0.2, 0.25) is 4.77 Å². The number of ether oxygens (including phenoxy) is 1. The van der Waals surface area contributed by atoms with Crippen LogP contribution >= 0.6 is 12.2 Å². The maximum atomic E-state index is 5.81. The van der Waals surface area contributed by atoms with Gasteiger partial charge in [-0.15, -0.1) is 0 Å². The lowest BCUT2D eigenvalue weighted by Crippen LogP contribution is -2.04. The van der Waals surface area contributed by atoms with Crippen molar-refractivity contribution in [1.29, 1.82) is 0 Å². The van der Waals surface area contributed by atoms with Gasteiger partial charge >= 0.3 is 0 Å². The van der Waals surface area contributed by atoms with E-state index in [2.05, 4.69) is 32.7 Å². The maximum absolute atomic E-state index is 5.81. The predicted molar refractivity (Wildman–Crippen MR) is 82.9 cm³/mol. The SMILES string of the molecule is CCNc1ccc(NCC)c(OCc2nc(=S)[nH][nH]2)c1. The van der Waals surface area contributed by atoms with E-state index in [1.807, 2.05) is 25.1 Å². The Balaban J connectivity index is 2.13. The summed E-state index contributed by atoms with van der Waals surface area (Å²) in [7, 11) is 0. The van der Waals surface area contributed by atoms with E-state index in [9.17, 15) is 0 Å². The molecule has 0 amide bonds. The molecule has 2 rings (SSSR count). The number of nitrogens with one attached hydrogen (secondary N) is 4. The highest BCUT2D eigenvalue weighted by Gasteiger charge is 2.06. The van der Waals surface area contributed by atoms with Crippen LogP contribution in [0.1, 0.15) is 19.7 Å². The molecule has 1 aromatic heterocycles. The molecule has 0 aliphatic rings. The first-order chi connectivity index (χ1) is 9.72. The van der Waals surface area contributed by atoms with Crippen molar-refractivity contribution in [3.05, 3.63) is 28.8 Å². The number of aromatic amines is 2.